The first-order valence-electron chi connectivity index (χ1n) is 5.69. The zero-order chi connectivity index (χ0) is 12.5. The third-order valence-electron chi connectivity index (χ3n) is 2.95. The van der Waals surface area contributed by atoms with Gasteiger partial charge in [0.25, 0.3) is 0 Å². The summed E-state index contributed by atoms with van der Waals surface area (Å²) in [5, 5.41) is 1.34. The van der Waals surface area contributed by atoms with Gasteiger partial charge < -0.3 is 10.7 Å². The Bertz CT molecular complexity index is 689. The Hall–Kier alpha value is -2.00. The lowest BCUT2D eigenvalue weighted by molar-refractivity contribution is 1.16. The van der Waals surface area contributed by atoms with Crippen LogP contribution in [0.1, 0.15) is 11.1 Å². The Kier molecular flexibility index (Phi) is 2.68. The first-order valence-corrected chi connectivity index (χ1v) is 6.07. The Balaban J connectivity index is 2.01. The van der Waals surface area contributed by atoms with Crippen LogP contribution in [0.15, 0.2) is 42.6 Å². The molecule has 2 aromatic heterocycles. The highest BCUT2D eigenvalue weighted by Gasteiger charge is 2.08. The van der Waals surface area contributed by atoms with E-state index in [1.807, 2.05) is 30.5 Å². The van der Waals surface area contributed by atoms with E-state index in [9.17, 15) is 0 Å². The number of nitrogens with zero attached hydrogens (tertiary/aromatic N) is 1. The van der Waals surface area contributed by atoms with Crippen molar-refractivity contribution < 1.29 is 0 Å². The highest BCUT2D eigenvalue weighted by molar-refractivity contribution is 6.34. The van der Waals surface area contributed by atoms with E-state index in [0.717, 1.165) is 23.0 Å². The lowest BCUT2D eigenvalue weighted by Gasteiger charge is -2.01. The van der Waals surface area contributed by atoms with Crippen molar-refractivity contribution in [2.24, 2.45) is 0 Å². The smallest absolute Gasteiger partial charge is 0.140 e. The minimum atomic E-state index is 0.453. The maximum Gasteiger partial charge on any atom is 0.140 e. The predicted molar refractivity (Wildman–Crippen MR) is 74.8 cm³/mol. The van der Waals surface area contributed by atoms with Gasteiger partial charge >= 0.3 is 0 Å². The second kappa shape index (κ2) is 4.35. The molecule has 0 amide bonds. The number of pyridine rings is 1. The summed E-state index contributed by atoms with van der Waals surface area (Å²) in [6, 6.07) is 12.3. The van der Waals surface area contributed by atoms with Crippen molar-refractivity contribution in [1.82, 2.24) is 9.97 Å². The maximum absolute atomic E-state index is 5.94. The number of nitrogens with two attached hydrogens (primary N) is 1. The Morgan fingerprint density at radius 2 is 1.94 bits per heavy atom. The van der Waals surface area contributed by atoms with Crippen LogP contribution in [-0.2, 0) is 6.42 Å². The monoisotopic (exact) mass is 257 g/mol. The molecule has 3 N–H and O–H groups in total. The van der Waals surface area contributed by atoms with Gasteiger partial charge in [-0.1, -0.05) is 41.9 Å². The summed E-state index contributed by atoms with van der Waals surface area (Å²) >= 11 is 5.94. The van der Waals surface area contributed by atoms with Crippen molar-refractivity contribution in [3.05, 3.63) is 58.9 Å². The fourth-order valence-electron chi connectivity index (χ4n) is 2.03. The summed E-state index contributed by atoms with van der Waals surface area (Å²) in [5.74, 6) is 0. The Morgan fingerprint density at radius 3 is 2.72 bits per heavy atom. The fraction of sp³-hybridized carbons (Fsp3) is 0.0714. The van der Waals surface area contributed by atoms with Crippen LogP contribution >= 0.6 is 11.6 Å². The molecular weight excluding hydrogens is 246 g/mol. The first kappa shape index (κ1) is 11.1. The van der Waals surface area contributed by atoms with E-state index in [1.54, 1.807) is 0 Å². The van der Waals surface area contributed by atoms with E-state index in [-0.39, 0.29) is 0 Å². The number of nitrogens with one attached hydrogen (secondary N) is 1. The van der Waals surface area contributed by atoms with E-state index in [2.05, 4.69) is 22.1 Å². The van der Waals surface area contributed by atoms with Gasteiger partial charge in [0.2, 0.25) is 0 Å². The number of rotatable bonds is 2. The van der Waals surface area contributed by atoms with Crippen LogP contribution in [0.2, 0.25) is 5.15 Å². The summed E-state index contributed by atoms with van der Waals surface area (Å²) in [6.45, 7) is 0. The van der Waals surface area contributed by atoms with E-state index in [1.165, 1.54) is 5.56 Å². The molecule has 18 heavy (non-hydrogen) atoms. The molecule has 3 rings (SSSR count). The maximum atomic E-state index is 5.94. The number of aromatic nitrogens is 2. The molecule has 4 heteroatoms. The number of nitrogen functional groups attached to an aromatic ring is 1. The van der Waals surface area contributed by atoms with Crippen LogP contribution in [0.3, 0.4) is 0 Å². The number of aromatic amines is 1. The van der Waals surface area contributed by atoms with Crippen LogP contribution in [0.4, 0.5) is 5.69 Å². The summed E-state index contributed by atoms with van der Waals surface area (Å²) in [6.07, 6.45) is 2.69. The molecule has 3 aromatic rings. The number of hydrogen-bond donors (Lipinski definition) is 2. The largest absolute Gasteiger partial charge is 0.396 e. The number of hydrogen-bond acceptors (Lipinski definition) is 2. The summed E-state index contributed by atoms with van der Waals surface area (Å²) in [5.41, 5.74) is 9.56. The number of H-pyrrole nitrogens is 1. The third kappa shape index (κ3) is 1.93. The third-order valence-corrected chi connectivity index (χ3v) is 3.25. The molecule has 0 atom stereocenters. The van der Waals surface area contributed by atoms with Crippen molar-refractivity contribution >= 4 is 28.3 Å². The zero-order valence-corrected chi connectivity index (χ0v) is 10.4. The Morgan fingerprint density at radius 1 is 1.17 bits per heavy atom. The van der Waals surface area contributed by atoms with Crippen molar-refractivity contribution in [3.63, 3.8) is 0 Å². The second-order valence-electron chi connectivity index (χ2n) is 4.25. The molecule has 0 bridgehead atoms. The first-order chi connectivity index (χ1) is 8.74. The molecule has 0 unspecified atom stereocenters. The molecule has 0 radical (unpaired) electrons. The highest BCUT2D eigenvalue weighted by atomic mass is 35.5. The minimum Gasteiger partial charge on any atom is -0.396 e. The molecule has 0 fully saturated rings. The van der Waals surface area contributed by atoms with E-state index >= 15 is 0 Å². The molecule has 0 aliphatic heterocycles. The van der Waals surface area contributed by atoms with Crippen molar-refractivity contribution in [3.8, 4) is 0 Å². The van der Waals surface area contributed by atoms with Gasteiger partial charge in [-0.15, -0.1) is 0 Å². The molecule has 0 spiro atoms. The van der Waals surface area contributed by atoms with Gasteiger partial charge in [0, 0.05) is 11.6 Å². The van der Waals surface area contributed by atoms with Gasteiger partial charge in [-0.3, -0.25) is 0 Å². The standard InChI is InChI=1S/C14H12ClN3/c15-13-12(16)11-7-10(8-17-14(11)18-13)6-9-4-2-1-3-5-9/h1-5,7-8H,6,16H2,(H,17,18). The Labute approximate surface area is 110 Å². The molecule has 0 saturated heterocycles. The molecule has 3 nitrogen and oxygen atoms in total. The molecule has 2 heterocycles. The molecule has 90 valence electrons. The lowest BCUT2D eigenvalue weighted by Crippen LogP contribution is -1.90. The molecule has 1 aromatic carbocycles. The summed E-state index contributed by atoms with van der Waals surface area (Å²) in [4.78, 5) is 7.29. The van der Waals surface area contributed by atoms with Gasteiger partial charge in [0.05, 0.1) is 5.69 Å². The van der Waals surface area contributed by atoms with Crippen molar-refractivity contribution in [2.45, 2.75) is 6.42 Å². The van der Waals surface area contributed by atoms with Crippen LogP contribution in [0.5, 0.6) is 0 Å². The molecular formula is C14H12ClN3. The van der Waals surface area contributed by atoms with Crippen molar-refractivity contribution in [2.75, 3.05) is 5.73 Å². The van der Waals surface area contributed by atoms with E-state index in [4.69, 9.17) is 17.3 Å². The molecule has 0 saturated carbocycles. The number of halogens is 1. The van der Waals surface area contributed by atoms with E-state index < -0.39 is 0 Å². The second-order valence-corrected chi connectivity index (χ2v) is 4.63. The zero-order valence-electron chi connectivity index (χ0n) is 9.65. The summed E-state index contributed by atoms with van der Waals surface area (Å²) < 4.78 is 0. The van der Waals surface area contributed by atoms with Crippen molar-refractivity contribution in [1.29, 1.82) is 0 Å². The van der Waals surface area contributed by atoms with Gasteiger partial charge in [0.1, 0.15) is 10.8 Å². The minimum absolute atomic E-state index is 0.453. The van der Waals surface area contributed by atoms with Gasteiger partial charge in [-0.25, -0.2) is 4.98 Å². The van der Waals surface area contributed by atoms with Crippen LogP contribution in [-0.4, -0.2) is 9.97 Å². The lowest BCUT2D eigenvalue weighted by atomic mass is 10.1. The van der Waals surface area contributed by atoms with Crippen LogP contribution < -0.4 is 5.73 Å². The predicted octanol–water partition coefficient (Wildman–Crippen LogP) is 3.39. The topological polar surface area (TPSA) is 54.7 Å². The quantitative estimate of drug-likeness (QED) is 0.739. The number of fused-ring (bicyclic) bond motifs is 1. The normalized spacial score (nSPS) is 10.9. The van der Waals surface area contributed by atoms with Gasteiger partial charge in [0.15, 0.2) is 0 Å². The average molecular weight is 258 g/mol. The highest BCUT2D eigenvalue weighted by Crippen LogP contribution is 2.28. The molecule has 0 aliphatic rings. The number of anilines is 1. The average Bonchev–Trinajstić information content (AvgIpc) is 2.67. The van der Waals surface area contributed by atoms with Gasteiger partial charge in [-0.2, -0.15) is 0 Å². The fourth-order valence-corrected chi connectivity index (χ4v) is 2.22. The van der Waals surface area contributed by atoms with E-state index in [0.29, 0.717) is 10.8 Å². The number of benzene rings is 1. The summed E-state index contributed by atoms with van der Waals surface area (Å²) in [7, 11) is 0. The molecule has 0 aliphatic carbocycles. The van der Waals surface area contributed by atoms with Gasteiger partial charge in [-0.05, 0) is 23.6 Å². The van der Waals surface area contributed by atoms with Crippen LogP contribution in [0, 0.1) is 0 Å². The van der Waals surface area contributed by atoms with Crippen LogP contribution in [0.25, 0.3) is 11.0 Å². The SMILES string of the molecule is Nc1c(Cl)[nH]c2ncc(Cc3ccccc3)cc12.